The molecule has 0 fully saturated rings. The maximum atomic E-state index is 12.0. The van der Waals surface area contributed by atoms with Gasteiger partial charge in [0.2, 0.25) is 0 Å². The van der Waals surface area contributed by atoms with Gasteiger partial charge in [-0.25, -0.2) is 0 Å². The molecule has 0 aromatic heterocycles. The predicted molar refractivity (Wildman–Crippen MR) is 92.9 cm³/mol. The molecule has 0 N–H and O–H groups in total. The normalized spacial score (nSPS) is 12.4. The van der Waals surface area contributed by atoms with Crippen molar-refractivity contribution < 1.29 is 19.1 Å². The Kier molecular flexibility index (Phi) is 7.75. The lowest BCUT2D eigenvalue weighted by atomic mass is 9.82. The average Bonchev–Trinajstić information content (AvgIpc) is 2.40. The molecule has 0 aliphatic heterocycles. The molecule has 0 unspecified atom stereocenters. The number of esters is 2. The number of allylic oxidation sites excluding steroid dienone is 2. The zero-order valence-electron chi connectivity index (χ0n) is 15.5. The van der Waals surface area contributed by atoms with Gasteiger partial charge in [0.25, 0.3) is 0 Å². The van der Waals surface area contributed by atoms with E-state index in [1.807, 2.05) is 0 Å². The smallest absolute Gasteiger partial charge is 0.311 e. The Morgan fingerprint density at radius 3 is 1.30 bits per heavy atom. The molecule has 4 nitrogen and oxygen atoms in total. The van der Waals surface area contributed by atoms with E-state index in [-0.39, 0.29) is 25.2 Å². The molecule has 4 heteroatoms. The van der Waals surface area contributed by atoms with Crippen molar-refractivity contribution in [3.05, 3.63) is 25.3 Å². The Bertz CT molecular complexity index is 393. The zero-order chi connectivity index (χ0) is 18.3. The van der Waals surface area contributed by atoms with Crippen LogP contribution in [0, 0.1) is 16.2 Å². The molecule has 0 rings (SSSR count). The van der Waals surface area contributed by atoms with E-state index in [1.54, 1.807) is 53.7 Å². The number of ether oxygens (including phenoxy) is 2. The third kappa shape index (κ3) is 7.49. The van der Waals surface area contributed by atoms with Gasteiger partial charge in [-0.15, -0.1) is 13.2 Å². The second-order valence-electron chi connectivity index (χ2n) is 8.14. The summed E-state index contributed by atoms with van der Waals surface area (Å²) in [6, 6.07) is 0. The van der Waals surface area contributed by atoms with E-state index >= 15 is 0 Å². The van der Waals surface area contributed by atoms with Crippen LogP contribution >= 0.6 is 0 Å². The first-order valence-corrected chi connectivity index (χ1v) is 7.94. The van der Waals surface area contributed by atoms with E-state index in [0.717, 1.165) is 0 Å². The molecular weight excluding hydrogens is 292 g/mol. The number of carbonyl (C=O) groups excluding carboxylic acids is 2. The summed E-state index contributed by atoms with van der Waals surface area (Å²) in [6.45, 7) is 18.7. The van der Waals surface area contributed by atoms with Gasteiger partial charge in [0.1, 0.15) is 13.2 Å². The van der Waals surface area contributed by atoms with Gasteiger partial charge in [0.15, 0.2) is 0 Å². The van der Waals surface area contributed by atoms with Crippen LogP contribution in [-0.2, 0) is 19.1 Å². The highest BCUT2D eigenvalue weighted by molar-refractivity contribution is 5.76. The van der Waals surface area contributed by atoms with E-state index in [4.69, 9.17) is 9.47 Å². The summed E-state index contributed by atoms with van der Waals surface area (Å²) in [4.78, 5) is 24.1. The molecule has 0 amide bonds. The molecule has 0 radical (unpaired) electrons. The van der Waals surface area contributed by atoms with E-state index in [2.05, 4.69) is 13.2 Å². The molecule has 0 heterocycles. The highest BCUT2D eigenvalue weighted by Crippen LogP contribution is 2.31. The number of rotatable bonds is 8. The molecule has 23 heavy (non-hydrogen) atoms. The molecule has 0 saturated carbocycles. The minimum absolute atomic E-state index is 0.165. The topological polar surface area (TPSA) is 52.6 Å². The minimum Gasteiger partial charge on any atom is -0.465 e. The molecule has 0 saturated heterocycles. The fraction of sp³-hybridized carbons (Fsp3) is 0.684. The summed E-state index contributed by atoms with van der Waals surface area (Å²) in [5, 5.41) is 0. The van der Waals surface area contributed by atoms with Crippen molar-refractivity contribution in [3.8, 4) is 0 Å². The zero-order valence-corrected chi connectivity index (χ0v) is 15.5. The van der Waals surface area contributed by atoms with Crippen LogP contribution in [0.1, 0.15) is 54.4 Å². The number of carbonyl (C=O) groups is 2. The Balaban J connectivity index is 5.08. The Hall–Kier alpha value is -1.58. The molecule has 0 bridgehead atoms. The molecule has 0 spiro atoms. The molecule has 0 aromatic carbocycles. The summed E-state index contributed by atoms with van der Waals surface area (Å²) in [7, 11) is 0. The third-order valence-electron chi connectivity index (χ3n) is 3.40. The maximum Gasteiger partial charge on any atom is 0.311 e. The van der Waals surface area contributed by atoms with Crippen LogP contribution in [0.5, 0.6) is 0 Å². The maximum absolute atomic E-state index is 12.0. The molecular formula is C19H32O4. The van der Waals surface area contributed by atoms with Crippen molar-refractivity contribution in [1.29, 1.82) is 0 Å². The second kappa shape index (κ2) is 8.32. The standard InChI is InChI=1S/C19H32O4/c1-9-11-19(12-10-2,13-22-15(20)17(3,4)5)14-23-16(21)18(6,7)8/h9-10H,1-2,11-14H2,3-8H3. The van der Waals surface area contributed by atoms with E-state index < -0.39 is 16.2 Å². The van der Waals surface area contributed by atoms with Crippen LogP contribution < -0.4 is 0 Å². The van der Waals surface area contributed by atoms with E-state index in [9.17, 15) is 9.59 Å². The van der Waals surface area contributed by atoms with E-state index in [1.165, 1.54) is 0 Å². The van der Waals surface area contributed by atoms with Crippen LogP contribution in [0.4, 0.5) is 0 Å². The second-order valence-corrected chi connectivity index (χ2v) is 8.14. The Labute approximate surface area is 140 Å². The Morgan fingerprint density at radius 2 is 1.09 bits per heavy atom. The molecule has 0 aromatic rings. The van der Waals surface area contributed by atoms with Crippen LogP contribution in [-0.4, -0.2) is 25.2 Å². The van der Waals surface area contributed by atoms with Crippen LogP contribution in [0.15, 0.2) is 25.3 Å². The summed E-state index contributed by atoms with van der Waals surface area (Å²) in [6.07, 6.45) is 4.63. The van der Waals surface area contributed by atoms with Crippen LogP contribution in [0.25, 0.3) is 0 Å². The summed E-state index contributed by atoms with van der Waals surface area (Å²) < 4.78 is 10.9. The summed E-state index contributed by atoms with van der Waals surface area (Å²) >= 11 is 0. The van der Waals surface area contributed by atoms with Crippen molar-refractivity contribution in [2.75, 3.05) is 13.2 Å². The molecule has 0 aliphatic carbocycles. The number of hydrogen-bond acceptors (Lipinski definition) is 4. The molecule has 132 valence electrons. The Morgan fingerprint density at radius 1 is 0.783 bits per heavy atom. The monoisotopic (exact) mass is 324 g/mol. The number of hydrogen-bond donors (Lipinski definition) is 0. The van der Waals surface area contributed by atoms with Crippen molar-refractivity contribution >= 4 is 11.9 Å². The fourth-order valence-electron chi connectivity index (χ4n) is 1.84. The quantitative estimate of drug-likeness (QED) is 0.493. The van der Waals surface area contributed by atoms with Gasteiger partial charge in [-0.3, -0.25) is 9.59 Å². The van der Waals surface area contributed by atoms with Crippen molar-refractivity contribution in [2.24, 2.45) is 16.2 Å². The first kappa shape index (κ1) is 21.4. The van der Waals surface area contributed by atoms with Gasteiger partial charge in [-0.05, 0) is 54.4 Å². The SMILES string of the molecule is C=CCC(CC=C)(COC(=O)C(C)(C)C)COC(=O)C(C)(C)C. The summed E-state index contributed by atoms with van der Waals surface area (Å²) in [5.41, 5.74) is -1.67. The lowest BCUT2D eigenvalue weighted by Gasteiger charge is -2.33. The average molecular weight is 324 g/mol. The minimum atomic E-state index is -0.573. The van der Waals surface area contributed by atoms with Gasteiger partial charge in [0, 0.05) is 5.41 Å². The van der Waals surface area contributed by atoms with Gasteiger partial charge < -0.3 is 9.47 Å². The predicted octanol–water partition coefficient (Wildman–Crippen LogP) is 4.30. The van der Waals surface area contributed by atoms with Crippen LogP contribution in [0.2, 0.25) is 0 Å². The first-order chi connectivity index (χ1) is 10.4. The largest absolute Gasteiger partial charge is 0.465 e. The van der Waals surface area contributed by atoms with Crippen molar-refractivity contribution in [3.63, 3.8) is 0 Å². The highest BCUT2D eigenvalue weighted by Gasteiger charge is 2.35. The lowest BCUT2D eigenvalue weighted by Crippen LogP contribution is -2.37. The van der Waals surface area contributed by atoms with Gasteiger partial charge in [-0.2, -0.15) is 0 Å². The van der Waals surface area contributed by atoms with Gasteiger partial charge >= 0.3 is 11.9 Å². The third-order valence-corrected chi connectivity index (χ3v) is 3.40. The first-order valence-electron chi connectivity index (χ1n) is 7.94. The van der Waals surface area contributed by atoms with Crippen molar-refractivity contribution in [1.82, 2.24) is 0 Å². The summed E-state index contributed by atoms with van der Waals surface area (Å²) in [5.74, 6) is -0.561. The van der Waals surface area contributed by atoms with Gasteiger partial charge in [-0.1, -0.05) is 12.2 Å². The highest BCUT2D eigenvalue weighted by atomic mass is 16.5. The molecule has 0 atom stereocenters. The van der Waals surface area contributed by atoms with E-state index in [0.29, 0.717) is 12.8 Å². The fourth-order valence-corrected chi connectivity index (χ4v) is 1.84. The van der Waals surface area contributed by atoms with Crippen molar-refractivity contribution in [2.45, 2.75) is 54.4 Å². The van der Waals surface area contributed by atoms with Crippen LogP contribution in [0.3, 0.4) is 0 Å². The lowest BCUT2D eigenvalue weighted by molar-refractivity contribution is -0.163. The molecule has 0 aliphatic rings. The van der Waals surface area contributed by atoms with Gasteiger partial charge in [0.05, 0.1) is 10.8 Å².